The number of barbiturate groups is 1. The van der Waals surface area contributed by atoms with Crippen LogP contribution in [0.5, 0.6) is 0 Å². The molecule has 6 heteroatoms. The van der Waals surface area contributed by atoms with Crippen molar-refractivity contribution in [2.24, 2.45) is 0 Å². The molecule has 0 aromatic rings. The van der Waals surface area contributed by atoms with Gasteiger partial charge < -0.3 is 0 Å². The van der Waals surface area contributed by atoms with Crippen LogP contribution in [0.15, 0.2) is 0 Å². The molecule has 1 rings (SSSR count). The number of hydrogen-bond acceptors (Lipinski definition) is 3. The Morgan fingerprint density at radius 2 is 1.33 bits per heavy atom. The van der Waals surface area contributed by atoms with E-state index in [0.29, 0.717) is 0 Å². The second kappa shape index (κ2) is 4.02. The fourth-order valence-electron chi connectivity index (χ4n) is 0.805. The van der Waals surface area contributed by atoms with Crippen molar-refractivity contribution in [2.75, 3.05) is 14.1 Å². The van der Waals surface area contributed by atoms with Gasteiger partial charge in [-0.05, 0) is 0 Å². The number of rotatable bonds is 0. The van der Waals surface area contributed by atoms with Gasteiger partial charge in [0.05, 0.1) is 0 Å². The minimum atomic E-state index is -0.564. The monoisotopic (exact) mass is 180 g/mol. The maximum absolute atomic E-state index is 11.0. The summed E-state index contributed by atoms with van der Waals surface area (Å²) < 4.78 is 0. The van der Waals surface area contributed by atoms with Crippen LogP contribution in [0.25, 0.3) is 0 Å². The van der Waals surface area contributed by atoms with Crippen molar-refractivity contribution < 1.29 is 14.4 Å². The molecule has 1 fully saturated rings. The zero-order valence-electron chi connectivity index (χ0n) is 6.33. The van der Waals surface area contributed by atoms with Gasteiger partial charge in [-0.25, -0.2) is 4.79 Å². The zero-order valence-corrected chi connectivity index (χ0v) is 6.33. The summed E-state index contributed by atoms with van der Waals surface area (Å²) in [7, 11) is 2.71. The molecule has 0 N–H and O–H groups in total. The summed E-state index contributed by atoms with van der Waals surface area (Å²) in [5.41, 5.74) is 0. The van der Waals surface area contributed by atoms with Crippen molar-refractivity contribution in [2.45, 2.75) is 6.42 Å². The average molecular weight is 180 g/mol. The van der Waals surface area contributed by atoms with E-state index in [-0.39, 0.29) is 36.0 Å². The van der Waals surface area contributed by atoms with Gasteiger partial charge in [0.1, 0.15) is 6.42 Å². The van der Waals surface area contributed by atoms with Crippen molar-refractivity contribution in [3.8, 4) is 0 Å². The van der Waals surface area contributed by atoms with Crippen molar-refractivity contribution in [1.29, 1.82) is 0 Å². The summed E-state index contributed by atoms with van der Waals surface area (Å²) >= 11 is 0. The van der Waals surface area contributed by atoms with E-state index in [2.05, 4.69) is 0 Å². The average Bonchev–Trinajstić information content (AvgIpc) is 1.97. The summed E-state index contributed by atoms with van der Waals surface area (Å²) in [5, 5.41) is 0. The fourth-order valence-corrected chi connectivity index (χ4v) is 0.805. The Kier molecular flexibility index (Phi) is 3.89. The summed E-state index contributed by atoms with van der Waals surface area (Å²) in [6.45, 7) is 0. The quantitative estimate of drug-likeness (QED) is 0.347. The summed E-state index contributed by atoms with van der Waals surface area (Å²) in [4.78, 5) is 34.5. The van der Waals surface area contributed by atoms with Crippen molar-refractivity contribution >= 4 is 47.4 Å². The molecule has 0 aromatic heterocycles. The molecule has 1 aliphatic heterocycles. The van der Waals surface area contributed by atoms with Crippen LogP contribution in [0.4, 0.5) is 4.79 Å². The third-order valence-electron chi connectivity index (χ3n) is 1.62. The first-order valence-electron chi connectivity index (χ1n) is 3.11. The Morgan fingerprint density at radius 1 is 1.00 bits per heavy atom. The van der Waals surface area contributed by atoms with Gasteiger partial charge in [0, 0.05) is 14.1 Å². The standard InChI is InChI=1S/C6H8N2O3.Na.H/c1-7-4(9)3-5(10)8(2)6(7)11;;/h3H2,1-2H3;;. The molecule has 0 radical (unpaired) electrons. The first-order chi connectivity index (χ1) is 5.04. The molecule has 0 bridgehead atoms. The van der Waals surface area contributed by atoms with Crippen molar-refractivity contribution in [3.05, 3.63) is 0 Å². The molecular formula is C6H9N2NaO3. The van der Waals surface area contributed by atoms with Gasteiger partial charge in [0.25, 0.3) is 0 Å². The molecule has 1 aliphatic rings. The molecule has 62 valence electrons. The Morgan fingerprint density at radius 3 is 1.67 bits per heavy atom. The van der Waals surface area contributed by atoms with Crippen LogP contribution in [-0.2, 0) is 9.59 Å². The molecule has 4 amide bonds. The number of hydrogen-bond donors (Lipinski definition) is 0. The van der Waals surface area contributed by atoms with E-state index in [0.717, 1.165) is 9.80 Å². The Hall–Kier alpha value is -0.390. The van der Waals surface area contributed by atoms with Crippen molar-refractivity contribution in [1.82, 2.24) is 9.80 Å². The van der Waals surface area contributed by atoms with Crippen LogP contribution in [0, 0.1) is 0 Å². The molecule has 1 heterocycles. The first-order valence-corrected chi connectivity index (χ1v) is 3.11. The normalized spacial score (nSPS) is 18.0. The SMILES string of the molecule is CN1C(=O)CC(=O)N(C)C1=O.[NaH]. The number of imide groups is 2. The van der Waals surface area contributed by atoms with Gasteiger partial charge in [0.2, 0.25) is 11.8 Å². The van der Waals surface area contributed by atoms with E-state index < -0.39 is 17.8 Å². The Balaban J connectivity index is 0.00000121. The topological polar surface area (TPSA) is 57.7 Å². The third-order valence-corrected chi connectivity index (χ3v) is 1.62. The van der Waals surface area contributed by atoms with Crippen LogP contribution in [-0.4, -0.2) is 71.3 Å². The molecule has 0 aromatic carbocycles. The van der Waals surface area contributed by atoms with Gasteiger partial charge >= 0.3 is 35.6 Å². The van der Waals surface area contributed by atoms with E-state index in [1.807, 2.05) is 0 Å². The summed E-state index contributed by atoms with van der Waals surface area (Å²) in [6, 6.07) is -0.564. The molecule has 12 heavy (non-hydrogen) atoms. The fraction of sp³-hybridized carbons (Fsp3) is 0.500. The molecule has 0 spiro atoms. The van der Waals surface area contributed by atoms with E-state index in [9.17, 15) is 14.4 Å². The van der Waals surface area contributed by atoms with Gasteiger partial charge in [0.15, 0.2) is 0 Å². The van der Waals surface area contributed by atoms with Crippen LogP contribution in [0.1, 0.15) is 6.42 Å². The second-order valence-electron chi connectivity index (χ2n) is 2.36. The number of carbonyl (C=O) groups excluding carboxylic acids is 3. The first kappa shape index (κ1) is 11.6. The molecular weight excluding hydrogens is 171 g/mol. The number of nitrogens with zero attached hydrogens (tertiary/aromatic N) is 2. The Bertz CT molecular complexity index is 219. The van der Waals surface area contributed by atoms with Crippen LogP contribution in [0.2, 0.25) is 0 Å². The van der Waals surface area contributed by atoms with Crippen LogP contribution < -0.4 is 0 Å². The van der Waals surface area contributed by atoms with E-state index in [1.165, 1.54) is 14.1 Å². The van der Waals surface area contributed by atoms with Gasteiger partial charge in [-0.1, -0.05) is 0 Å². The van der Waals surface area contributed by atoms with E-state index in [1.54, 1.807) is 0 Å². The predicted octanol–water partition coefficient (Wildman–Crippen LogP) is -1.22. The molecule has 5 nitrogen and oxygen atoms in total. The zero-order chi connectivity index (χ0) is 8.59. The van der Waals surface area contributed by atoms with Gasteiger partial charge in [-0.2, -0.15) is 0 Å². The number of urea groups is 1. The van der Waals surface area contributed by atoms with Gasteiger partial charge in [-0.3, -0.25) is 19.4 Å². The van der Waals surface area contributed by atoms with E-state index >= 15 is 0 Å². The number of carbonyl (C=O) groups is 3. The molecule has 0 unspecified atom stereocenters. The molecule has 0 saturated carbocycles. The van der Waals surface area contributed by atoms with Crippen LogP contribution >= 0.6 is 0 Å². The van der Waals surface area contributed by atoms with E-state index in [4.69, 9.17) is 0 Å². The second-order valence-corrected chi connectivity index (χ2v) is 2.36. The Labute approximate surface area is 92.0 Å². The molecule has 0 aliphatic carbocycles. The predicted molar refractivity (Wildman–Crippen MR) is 42.7 cm³/mol. The maximum atomic E-state index is 11.0. The number of amides is 4. The van der Waals surface area contributed by atoms with Gasteiger partial charge in [-0.15, -0.1) is 0 Å². The molecule has 0 atom stereocenters. The summed E-state index contributed by atoms with van der Waals surface area (Å²) in [5.74, 6) is -0.892. The van der Waals surface area contributed by atoms with Crippen molar-refractivity contribution in [3.63, 3.8) is 0 Å². The molecule has 1 saturated heterocycles. The van der Waals surface area contributed by atoms with Crippen LogP contribution in [0.3, 0.4) is 0 Å². The summed E-state index contributed by atoms with van der Waals surface area (Å²) in [6.07, 6.45) is -0.210. The third kappa shape index (κ3) is 1.85. The minimum absolute atomic E-state index is 0.